The third kappa shape index (κ3) is 2.01. The maximum atomic E-state index is 11.3. The first-order chi connectivity index (χ1) is 7.58. The van der Waals surface area contributed by atoms with E-state index in [2.05, 4.69) is 11.9 Å². The van der Waals surface area contributed by atoms with Crippen LogP contribution < -0.4 is 5.32 Å². The lowest BCUT2D eigenvalue weighted by Crippen LogP contribution is -2.52. The monoisotopic (exact) mass is 225 g/mol. The second-order valence-electron chi connectivity index (χ2n) is 4.18. The van der Waals surface area contributed by atoms with Gasteiger partial charge in [0.05, 0.1) is 6.04 Å². The summed E-state index contributed by atoms with van der Waals surface area (Å²) in [5.74, 6) is -0.956. The second-order valence-corrected chi connectivity index (χ2v) is 4.18. The Balaban J connectivity index is 1.90. The quantitative estimate of drug-likeness (QED) is 0.625. The Bertz CT molecular complexity index is 342. The van der Waals surface area contributed by atoms with Crippen LogP contribution in [-0.2, 0) is 4.79 Å². The van der Waals surface area contributed by atoms with Crippen molar-refractivity contribution >= 4 is 12.0 Å². The number of carboxylic acids is 1. The maximum absolute atomic E-state index is 11.3. The summed E-state index contributed by atoms with van der Waals surface area (Å²) < 4.78 is 0. The van der Waals surface area contributed by atoms with Gasteiger partial charge in [0.25, 0.3) is 0 Å². The van der Waals surface area contributed by atoms with Crippen molar-refractivity contribution in [3.05, 3.63) is 12.2 Å². The molecule has 0 radical (unpaired) electrons. The fourth-order valence-electron chi connectivity index (χ4n) is 2.15. The smallest absolute Gasteiger partial charge is 0.332 e. The summed E-state index contributed by atoms with van der Waals surface area (Å²) in [6.45, 7) is 6.60. The number of hydrogen-bond donors (Lipinski definition) is 2. The Labute approximate surface area is 93.5 Å². The molecular formula is C10H15N3O3. The molecule has 0 spiro atoms. The minimum Gasteiger partial charge on any atom is -0.478 e. The largest absolute Gasteiger partial charge is 0.478 e. The van der Waals surface area contributed by atoms with Gasteiger partial charge in [-0.15, -0.1) is 0 Å². The molecular weight excluding hydrogens is 210 g/mol. The number of fused-ring (bicyclic) bond motifs is 1. The van der Waals surface area contributed by atoms with E-state index in [-0.39, 0.29) is 17.6 Å². The minimum absolute atomic E-state index is 0.0123. The Morgan fingerprint density at radius 1 is 1.56 bits per heavy atom. The molecule has 2 fully saturated rings. The zero-order valence-electron chi connectivity index (χ0n) is 8.98. The SMILES string of the molecule is C=C(CN1CCN2C(=O)NCC2C1)C(=O)O. The van der Waals surface area contributed by atoms with Gasteiger partial charge in [0.1, 0.15) is 0 Å². The Morgan fingerprint density at radius 2 is 2.31 bits per heavy atom. The second kappa shape index (κ2) is 4.13. The summed E-state index contributed by atoms with van der Waals surface area (Å²) >= 11 is 0. The van der Waals surface area contributed by atoms with E-state index in [0.29, 0.717) is 32.7 Å². The average Bonchev–Trinajstić information content (AvgIpc) is 2.60. The molecule has 0 bridgehead atoms. The molecule has 2 heterocycles. The van der Waals surface area contributed by atoms with Crippen LogP contribution >= 0.6 is 0 Å². The highest BCUT2D eigenvalue weighted by atomic mass is 16.4. The van der Waals surface area contributed by atoms with Gasteiger partial charge < -0.3 is 15.3 Å². The summed E-state index contributed by atoms with van der Waals surface area (Å²) in [6, 6.07) is 0.157. The lowest BCUT2D eigenvalue weighted by atomic mass is 10.1. The molecule has 16 heavy (non-hydrogen) atoms. The minimum atomic E-state index is -0.956. The number of piperazine rings is 1. The van der Waals surface area contributed by atoms with Gasteiger partial charge in [0.15, 0.2) is 0 Å². The van der Waals surface area contributed by atoms with E-state index in [1.807, 2.05) is 4.90 Å². The number of carbonyl (C=O) groups is 2. The number of carbonyl (C=O) groups excluding carboxylic acids is 1. The van der Waals surface area contributed by atoms with Crippen LogP contribution in [0.4, 0.5) is 4.79 Å². The zero-order valence-corrected chi connectivity index (χ0v) is 8.98. The fraction of sp³-hybridized carbons (Fsp3) is 0.600. The van der Waals surface area contributed by atoms with Gasteiger partial charge in [-0.25, -0.2) is 9.59 Å². The first kappa shape index (κ1) is 10.9. The summed E-state index contributed by atoms with van der Waals surface area (Å²) in [5, 5.41) is 11.5. The summed E-state index contributed by atoms with van der Waals surface area (Å²) in [5.41, 5.74) is 0.200. The molecule has 2 saturated heterocycles. The van der Waals surface area contributed by atoms with Crippen molar-refractivity contribution < 1.29 is 14.7 Å². The molecule has 1 unspecified atom stereocenters. The van der Waals surface area contributed by atoms with Gasteiger partial charge in [-0.05, 0) is 0 Å². The van der Waals surface area contributed by atoms with Gasteiger partial charge in [0.2, 0.25) is 0 Å². The third-order valence-corrected chi connectivity index (χ3v) is 3.03. The Morgan fingerprint density at radius 3 is 3.00 bits per heavy atom. The van der Waals surface area contributed by atoms with Crippen molar-refractivity contribution in [3.8, 4) is 0 Å². The molecule has 6 heteroatoms. The zero-order chi connectivity index (χ0) is 11.7. The summed E-state index contributed by atoms with van der Waals surface area (Å²) in [6.07, 6.45) is 0. The van der Waals surface area contributed by atoms with Crippen molar-refractivity contribution in [1.29, 1.82) is 0 Å². The van der Waals surface area contributed by atoms with Gasteiger partial charge in [-0.2, -0.15) is 0 Å². The molecule has 6 nitrogen and oxygen atoms in total. The molecule has 2 aliphatic heterocycles. The number of amides is 2. The highest BCUT2D eigenvalue weighted by molar-refractivity contribution is 5.86. The van der Waals surface area contributed by atoms with Crippen LogP contribution in [0.5, 0.6) is 0 Å². The lowest BCUT2D eigenvalue weighted by Gasteiger charge is -2.36. The molecule has 0 aromatic carbocycles. The number of nitrogens with zero attached hydrogens (tertiary/aromatic N) is 2. The lowest BCUT2D eigenvalue weighted by molar-refractivity contribution is -0.133. The van der Waals surface area contributed by atoms with E-state index in [4.69, 9.17) is 5.11 Å². The maximum Gasteiger partial charge on any atom is 0.332 e. The van der Waals surface area contributed by atoms with Crippen LogP contribution in [0.15, 0.2) is 12.2 Å². The van der Waals surface area contributed by atoms with Crippen LogP contribution in [0, 0.1) is 0 Å². The van der Waals surface area contributed by atoms with Crippen LogP contribution in [0.2, 0.25) is 0 Å². The average molecular weight is 225 g/mol. The van der Waals surface area contributed by atoms with E-state index in [0.717, 1.165) is 0 Å². The molecule has 1 atom stereocenters. The molecule has 0 aromatic rings. The first-order valence-corrected chi connectivity index (χ1v) is 5.26. The van der Waals surface area contributed by atoms with Crippen LogP contribution in [-0.4, -0.2) is 65.7 Å². The van der Waals surface area contributed by atoms with E-state index in [9.17, 15) is 9.59 Å². The molecule has 2 aliphatic rings. The van der Waals surface area contributed by atoms with Gasteiger partial charge in [-0.1, -0.05) is 6.58 Å². The highest BCUT2D eigenvalue weighted by Gasteiger charge is 2.35. The van der Waals surface area contributed by atoms with E-state index < -0.39 is 5.97 Å². The highest BCUT2D eigenvalue weighted by Crippen LogP contribution is 2.14. The van der Waals surface area contributed by atoms with Gasteiger partial charge in [-0.3, -0.25) is 4.90 Å². The molecule has 2 N–H and O–H groups in total. The molecule has 0 aromatic heterocycles. The predicted molar refractivity (Wildman–Crippen MR) is 57.1 cm³/mol. The number of aliphatic carboxylic acids is 1. The van der Waals surface area contributed by atoms with E-state index in [1.165, 1.54) is 0 Å². The fourth-order valence-corrected chi connectivity index (χ4v) is 2.15. The number of urea groups is 1. The van der Waals surface area contributed by atoms with Crippen molar-refractivity contribution in [2.45, 2.75) is 6.04 Å². The van der Waals surface area contributed by atoms with E-state index in [1.54, 1.807) is 4.90 Å². The van der Waals surface area contributed by atoms with Crippen LogP contribution in [0.1, 0.15) is 0 Å². The third-order valence-electron chi connectivity index (χ3n) is 3.03. The van der Waals surface area contributed by atoms with Gasteiger partial charge in [0, 0.05) is 38.3 Å². The van der Waals surface area contributed by atoms with Gasteiger partial charge >= 0.3 is 12.0 Å². The topological polar surface area (TPSA) is 72.9 Å². The van der Waals surface area contributed by atoms with E-state index >= 15 is 0 Å². The molecule has 2 amide bonds. The van der Waals surface area contributed by atoms with Crippen molar-refractivity contribution in [2.24, 2.45) is 0 Å². The van der Waals surface area contributed by atoms with Crippen molar-refractivity contribution in [3.63, 3.8) is 0 Å². The van der Waals surface area contributed by atoms with Crippen molar-refractivity contribution in [2.75, 3.05) is 32.7 Å². The number of carboxylic acid groups (broad SMARTS) is 1. The number of nitrogens with one attached hydrogen (secondary N) is 1. The molecule has 2 rings (SSSR count). The summed E-state index contributed by atoms with van der Waals surface area (Å²) in [7, 11) is 0. The Kier molecular flexibility index (Phi) is 2.82. The summed E-state index contributed by atoms with van der Waals surface area (Å²) in [4.78, 5) is 25.8. The number of rotatable bonds is 3. The Hall–Kier alpha value is -1.56. The molecule has 0 saturated carbocycles. The van der Waals surface area contributed by atoms with Crippen LogP contribution in [0.25, 0.3) is 0 Å². The van der Waals surface area contributed by atoms with Crippen molar-refractivity contribution in [1.82, 2.24) is 15.1 Å². The van der Waals surface area contributed by atoms with Crippen LogP contribution in [0.3, 0.4) is 0 Å². The normalized spacial score (nSPS) is 25.1. The predicted octanol–water partition coefficient (Wildman–Crippen LogP) is -0.663. The molecule has 0 aliphatic carbocycles. The first-order valence-electron chi connectivity index (χ1n) is 5.26. The number of hydrogen-bond acceptors (Lipinski definition) is 3. The standard InChI is InChI=1S/C10H15N3O3/c1-7(9(14)15)5-12-2-3-13-8(6-12)4-11-10(13)16/h8H,1-6H2,(H,11,16)(H,14,15). The molecule has 88 valence electrons.